The number of amides is 1. The van der Waals surface area contributed by atoms with Gasteiger partial charge in [0.15, 0.2) is 0 Å². The zero-order valence-electron chi connectivity index (χ0n) is 16.5. The van der Waals surface area contributed by atoms with Crippen LogP contribution in [-0.4, -0.2) is 27.8 Å². The molecule has 1 aliphatic rings. The smallest absolute Gasteiger partial charge is 0.231 e. The minimum atomic E-state index is -0.141. The molecule has 6 nitrogen and oxygen atoms in total. The molecule has 0 saturated carbocycles. The van der Waals surface area contributed by atoms with Crippen LogP contribution in [-0.2, 0) is 4.79 Å². The summed E-state index contributed by atoms with van der Waals surface area (Å²) in [7, 11) is 1.64. The average Bonchev–Trinajstić information content (AvgIpc) is 3.23. The van der Waals surface area contributed by atoms with Crippen LogP contribution in [0.4, 0.5) is 5.95 Å². The molecule has 29 heavy (non-hydrogen) atoms. The van der Waals surface area contributed by atoms with Crippen molar-refractivity contribution >= 4 is 23.5 Å². The first-order chi connectivity index (χ1) is 14.1. The molecular weight excluding hydrogens is 388 g/mol. The quantitative estimate of drug-likeness (QED) is 0.605. The van der Waals surface area contributed by atoms with E-state index in [0.717, 1.165) is 23.3 Å². The van der Waals surface area contributed by atoms with Crippen LogP contribution in [0.2, 0.25) is 5.02 Å². The average molecular weight is 411 g/mol. The number of carbonyl (C=O) groups excluding carboxylic acids is 1. The molecule has 0 unspecified atom stereocenters. The summed E-state index contributed by atoms with van der Waals surface area (Å²) in [6, 6.07) is 15.5. The van der Waals surface area contributed by atoms with Crippen molar-refractivity contribution in [2.75, 3.05) is 12.0 Å². The molecule has 7 heteroatoms. The molecule has 0 spiro atoms. The Morgan fingerprint density at radius 2 is 1.76 bits per heavy atom. The van der Waals surface area contributed by atoms with E-state index in [1.807, 2.05) is 60.1 Å². The van der Waals surface area contributed by atoms with Crippen molar-refractivity contribution in [1.29, 1.82) is 0 Å². The minimum absolute atomic E-state index is 0.0393. The van der Waals surface area contributed by atoms with E-state index in [4.69, 9.17) is 16.3 Å². The lowest BCUT2D eigenvalue weighted by atomic mass is 9.91. The van der Waals surface area contributed by atoms with E-state index in [9.17, 15) is 4.79 Å². The third-order valence-corrected chi connectivity index (χ3v) is 5.56. The molecule has 150 valence electrons. The maximum atomic E-state index is 13.1. The van der Waals surface area contributed by atoms with Crippen LogP contribution in [0.15, 0.2) is 54.9 Å². The number of ether oxygens (including phenoxy) is 1. The second-order valence-corrected chi connectivity index (χ2v) is 7.55. The van der Waals surface area contributed by atoms with E-state index in [1.54, 1.807) is 12.0 Å². The summed E-state index contributed by atoms with van der Waals surface area (Å²) in [5, 5.41) is 5.13. The van der Waals surface area contributed by atoms with Crippen molar-refractivity contribution in [2.24, 2.45) is 0 Å². The molecule has 1 amide bonds. The van der Waals surface area contributed by atoms with Crippen molar-refractivity contribution in [2.45, 2.75) is 38.3 Å². The molecule has 0 aliphatic carbocycles. The van der Waals surface area contributed by atoms with E-state index in [1.165, 1.54) is 6.33 Å². The largest absolute Gasteiger partial charge is 0.497 e. The first-order valence-electron chi connectivity index (χ1n) is 9.73. The van der Waals surface area contributed by atoms with Crippen LogP contribution in [0, 0.1) is 0 Å². The molecule has 1 aliphatic heterocycles. The van der Waals surface area contributed by atoms with E-state index in [2.05, 4.69) is 10.1 Å². The van der Waals surface area contributed by atoms with E-state index in [0.29, 0.717) is 23.8 Å². The van der Waals surface area contributed by atoms with Crippen LogP contribution in [0.3, 0.4) is 0 Å². The normalized spacial score (nSPS) is 18.4. The monoisotopic (exact) mass is 410 g/mol. The van der Waals surface area contributed by atoms with Gasteiger partial charge in [-0.1, -0.05) is 42.8 Å². The van der Waals surface area contributed by atoms with Gasteiger partial charge in [-0.3, -0.25) is 9.69 Å². The number of fused-ring (bicyclic) bond motifs is 1. The van der Waals surface area contributed by atoms with Crippen molar-refractivity contribution in [1.82, 2.24) is 14.8 Å². The van der Waals surface area contributed by atoms with Gasteiger partial charge in [0.25, 0.3) is 0 Å². The highest BCUT2D eigenvalue weighted by atomic mass is 35.5. The highest BCUT2D eigenvalue weighted by molar-refractivity contribution is 6.30. The van der Waals surface area contributed by atoms with Crippen LogP contribution in [0.25, 0.3) is 0 Å². The topological polar surface area (TPSA) is 60.2 Å². The highest BCUT2D eigenvalue weighted by Crippen LogP contribution is 2.42. The fourth-order valence-corrected chi connectivity index (χ4v) is 4.01. The molecule has 0 bridgehead atoms. The Bertz CT molecular complexity index is 985. The lowest BCUT2D eigenvalue weighted by Crippen LogP contribution is -2.42. The van der Waals surface area contributed by atoms with Gasteiger partial charge in [-0.2, -0.15) is 10.1 Å². The van der Waals surface area contributed by atoms with Crippen molar-refractivity contribution < 1.29 is 9.53 Å². The van der Waals surface area contributed by atoms with Gasteiger partial charge < -0.3 is 4.74 Å². The molecule has 0 N–H and O–H groups in total. The summed E-state index contributed by atoms with van der Waals surface area (Å²) in [6.45, 7) is 2.01. The molecule has 3 aromatic rings. The number of carbonyl (C=O) groups is 1. The van der Waals surface area contributed by atoms with Gasteiger partial charge in [0.05, 0.1) is 19.2 Å². The minimum Gasteiger partial charge on any atom is -0.497 e. The lowest BCUT2D eigenvalue weighted by molar-refractivity contribution is -0.119. The number of methoxy groups -OCH3 is 1. The summed E-state index contributed by atoms with van der Waals surface area (Å²) in [6.07, 6.45) is 3.45. The Labute approximate surface area is 175 Å². The number of anilines is 1. The van der Waals surface area contributed by atoms with Crippen molar-refractivity contribution in [3.63, 3.8) is 0 Å². The molecule has 1 aromatic heterocycles. The zero-order chi connectivity index (χ0) is 20.4. The maximum Gasteiger partial charge on any atom is 0.231 e. The molecule has 2 aromatic carbocycles. The zero-order valence-corrected chi connectivity index (χ0v) is 17.2. The van der Waals surface area contributed by atoms with Gasteiger partial charge in [0.2, 0.25) is 11.9 Å². The number of hydrogen-bond acceptors (Lipinski definition) is 4. The molecule has 0 saturated heterocycles. The number of nitrogens with zero attached hydrogens (tertiary/aromatic N) is 4. The molecule has 2 heterocycles. The van der Waals surface area contributed by atoms with E-state index in [-0.39, 0.29) is 18.0 Å². The Balaban J connectivity index is 1.80. The third kappa shape index (κ3) is 3.72. The number of halogens is 1. The van der Waals surface area contributed by atoms with Crippen LogP contribution >= 0.6 is 11.6 Å². The van der Waals surface area contributed by atoms with Crippen LogP contribution in [0.1, 0.15) is 49.4 Å². The Kier molecular flexibility index (Phi) is 5.53. The summed E-state index contributed by atoms with van der Waals surface area (Å²) in [5.74, 6) is 1.42. The fraction of sp³-hybridized carbons (Fsp3) is 0.318. The third-order valence-electron chi connectivity index (χ3n) is 5.31. The first kappa shape index (κ1) is 19.5. The van der Waals surface area contributed by atoms with E-state index >= 15 is 0 Å². The molecule has 0 radical (unpaired) electrons. The predicted molar refractivity (Wildman–Crippen MR) is 112 cm³/mol. The lowest BCUT2D eigenvalue weighted by Gasteiger charge is -2.39. The Morgan fingerprint density at radius 3 is 2.41 bits per heavy atom. The van der Waals surface area contributed by atoms with Crippen LogP contribution < -0.4 is 9.64 Å². The SMILES string of the molecule is CCCC(=O)N1c2ncnn2[C@@H](c2ccc(Cl)cc2)C[C@@H]1c1ccc(OC)cc1. The molecule has 4 rings (SSSR count). The summed E-state index contributed by atoms with van der Waals surface area (Å²) in [5.41, 5.74) is 2.13. The van der Waals surface area contributed by atoms with Crippen molar-refractivity contribution in [3.05, 3.63) is 71.0 Å². The van der Waals surface area contributed by atoms with E-state index < -0.39 is 0 Å². The number of aromatic nitrogens is 3. The Morgan fingerprint density at radius 1 is 1.10 bits per heavy atom. The van der Waals surface area contributed by atoms with Gasteiger partial charge in [0.1, 0.15) is 12.1 Å². The van der Waals surface area contributed by atoms with Gasteiger partial charge in [-0.15, -0.1) is 0 Å². The highest BCUT2D eigenvalue weighted by Gasteiger charge is 2.38. The van der Waals surface area contributed by atoms with Crippen LogP contribution in [0.5, 0.6) is 5.75 Å². The summed E-state index contributed by atoms with van der Waals surface area (Å²) in [4.78, 5) is 19.3. The first-order valence-corrected chi connectivity index (χ1v) is 10.1. The maximum absolute atomic E-state index is 13.1. The van der Waals surface area contributed by atoms with Crippen molar-refractivity contribution in [3.8, 4) is 5.75 Å². The second-order valence-electron chi connectivity index (χ2n) is 7.11. The number of benzene rings is 2. The van der Waals surface area contributed by atoms with Gasteiger partial charge >= 0.3 is 0 Å². The Hall–Kier alpha value is -2.86. The van der Waals surface area contributed by atoms with Gasteiger partial charge in [-0.25, -0.2) is 4.68 Å². The van der Waals surface area contributed by atoms with Gasteiger partial charge in [0, 0.05) is 11.4 Å². The molecular formula is C22H23ClN4O2. The standard InChI is InChI=1S/C22H23ClN4O2/c1-3-4-21(28)26-19(15-7-11-18(29-2)12-8-15)13-20(27-22(26)24-14-25-27)16-5-9-17(23)10-6-16/h5-12,14,19-20H,3-4,13H2,1-2H3/t19-,20-/m1/s1. The molecule has 2 atom stereocenters. The number of rotatable bonds is 5. The predicted octanol–water partition coefficient (Wildman–Crippen LogP) is 4.81. The van der Waals surface area contributed by atoms with Gasteiger partial charge in [-0.05, 0) is 48.2 Å². The fourth-order valence-electron chi connectivity index (χ4n) is 3.89. The second kappa shape index (κ2) is 8.25. The summed E-state index contributed by atoms with van der Waals surface area (Å²) < 4.78 is 7.14. The molecule has 0 fully saturated rings. The number of hydrogen-bond donors (Lipinski definition) is 0. The summed E-state index contributed by atoms with van der Waals surface area (Å²) >= 11 is 6.08.